The number of rotatable bonds is 3. The predicted molar refractivity (Wildman–Crippen MR) is 64.9 cm³/mol. The van der Waals surface area contributed by atoms with Crippen molar-refractivity contribution in [3.8, 4) is 0 Å². The normalized spacial score (nSPS) is 12.9. The van der Waals surface area contributed by atoms with Gasteiger partial charge < -0.3 is 9.90 Å². The zero-order chi connectivity index (χ0) is 13.1. The van der Waals surface area contributed by atoms with Gasteiger partial charge in [0.05, 0.1) is 0 Å². The van der Waals surface area contributed by atoms with Crippen LogP contribution in [0.1, 0.15) is 32.4 Å². The molecule has 1 amide bonds. The van der Waals surface area contributed by atoms with E-state index in [-0.39, 0.29) is 0 Å². The second-order valence-electron chi connectivity index (χ2n) is 4.82. The van der Waals surface area contributed by atoms with Crippen LogP contribution >= 0.6 is 0 Å². The molecule has 0 saturated heterocycles. The van der Waals surface area contributed by atoms with E-state index in [1.807, 2.05) is 6.07 Å². The molecule has 1 rings (SSSR count). The highest BCUT2D eigenvalue weighted by Crippen LogP contribution is 2.26. The van der Waals surface area contributed by atoms with Crippen molar-refractivity contribution in [2.24, 2.45) is 0 Å². The molecule has 4 nitrogen and oxygen atoms in total. The molecule has 17 heavy (non-hydrogen) atoms. The molecule has 1 aromatic rings. The molecule has 1 aromatic carbocycles. The Labute approximate surface area is 101 Å². The van der Waals surface area contributed by atoms with E-state index in [9.17, 15) is 14.7 Å². The lowest BCUT2D eigenvalue weighted by molar-refractivity contribution is -0.113. The predicted octanol–water partition coefficient (Wildman–Crippen LogP) is 2.71. The van der Waals surface area contributed by atoms with Gasteiger partial charge in [0.25, 0.3) is 0 Å². The molecule has 0 radical (unpaired) electrons. The number of carboxylic acid groups (broad SMARTS) is 1. The van der Waals surface area contributed by atoms with Crippen molar-refractivity contribution in [1.82, 2.24) is 4.90 Å². The van der Waals surface area contributed by atoms with E-state index in [4.69, 9.17) is 0 Å². The Morgan fingerprint density at radius 3 is 2.18 bits per heavy atom. The van der Waals surface area contributed by atoms with Crippen molar-refractivity contribution in [3.05, 3.63) is 35.9 Å². The summed E-state index contributed by atoms with van der Waals surface area (Å²) in [5.74, 6) is 0. The molecule has 0 aliphatic carbocycles. The van der Waals surface area contributed by atoms with Crippen LogP contribution < -0.4 is 0 Å². The molecule has 0 fully saturated rings. The van der Waals surface area contributed by atoms with E-state index in [1.54, 1.807) is 45.0 Å². The number of carbonyl (C=O) groups excluding carboxylic acids is 1. The third-order valence-corrected chi connectivity index (χ3v) is 2.48. The van der Waals surface area contributed by atoms with E-state index in [1.165, 1.54) is 0 Å². The number of amides is 1. The van der Waals surface area contributed by atoms with Crippen LogP contribution in [-0.2, 0) is 4.79 Å². The fourth-order valence-corrected chi connectivity index (χ4v) is 1.76. The Hall–Kier alpha value is -1.84. The summed E-state index contributed by atoms with van der Waals surface area (Å²) in [7, 11) is 0. The van der Waals surface area contributed by atoms with Gasteiger partial charge in [0.15, 0.2) is 0 Å². The van der Waals surface area contributed by atoms with Crippen LogP contribution in [0.15, 0.2) is 30.3 Å². The first kappa shape index (κ1) is 13.2. The largest absolute Gasteiger partial charge is 0.465 e. The van der Waals surface area contributed by atoms with Gasteiger partial charge in [0, 0.05) is 5.54 Å². The van der Waals surface area contributed by atoms with Gasteiger partial charge in [-0.05, 0) is 26.3 Å². The van der Waals surface area contributed by atoms with Crippen LogP contribution in [0.4, 0.5) is 4.79 Å². The molecule has 0 saturated carbocycles. The zero-order valence-electron chi connectivity index (χ0n) is 10.3. The molecule has 92 valence electrons. The minimum Gasteiger partial charge on any atom is -0.465 e. The molecule has 0 heterocycles. The summed E-state index contributed by atoms with van der Waals surface area (Å²) in [6, 6.07) is 8.13. The van der Waals surface area contributed by atoms with Crippen LogP contribution in [0, 0.1) is 0 Å². The average Bonchev–Trinajstić information content (AvgIpc) is 2.24. The molecule has 0 aliphatic rings. The smallest absolute Gasteiger partial charge is 0.408 e. The maximum atomic E-state index is 11.3. The fraction of sp³-hybridized carbons (Fsp3) is 0.385. The highest BCUT2D eigenvalue weighted by Gasteiger charge is 2.33. The number of benzene rings is 1. The van der Waals surface area contributed by atoms with Crippen molar-refractivity contribution in [2.75, 3.05) is 0 Å². The van der Waals surface area contributed by atoms with E-state index in [2.05, 4.69) is 0 Å². The fourth-order valence-electron chi connectivity index (χ4n) is 1.76. The topological polar surface area (TPSA) is 57.6 Å². The van der Waals surface area contributed by atoms with E-state index < -0.39 is 17.7 Å². The number of carbonyl (C=O) groups is 2. The average molecular weight is 235 g/mol. The minimum atomic E-state index is -1.10. The summed E-state index contributed by atoms with van der Waals surface area (Å²) < 4.78 is 0. The van der Waals surface area contributed by atoms with Crippen LogP contribution in [0.3, 0.4) is 0 Å². The molecule has 0 aromatic heterocycles. The van der Waals surface area contributed by atoms with Crippen molar-refractivity contribution < 1.29 is 14.7 Å². The summed E-state index contributed by atoms with van der Waals surface area (Å²) in [6.45, 7) is 5.29. The summed E-state index contributed by atoms with van der Waals surface area (Å²) in [4.78, 5) is 23.6. The summed E-state index contributed by atoms with van der Waals surface area (Å²) in [6.07, 6.45) is -0.437. The molecule has 0 spiro atoms. The van der Waals surface area contributed by atoms with Crippen molar-refractivity contribution in [1.29, 1.82) is 0 Å². The standard InChI is InChI=1S/C13H17NO3/c1-13(2,3)14(12(16)17)11(9-15)10-7-5-4-6-8-10/h4-9,11H,1-3H3,(H,16,17)/t11-/m0/s1. The Kier molecular flexibility index (Phi) is 3.89. The molecule has 0 aliphatic heterocycles. The second kappa shape index (κ2) is 4.99. The van der Waals surface area contributed by atoms with Crippen LogP contribution in [0.5, 0.6) is 0 Å². The first-order valence-corrected chi connectivity index (χ1v) is 5.40. The lowest BCUT2D eigenvalue weighted by atomic mass is 9.99. The Bertz CT molecular complexity index is 395. The molecular weight excluding hydrogens is 218 g/mol. The van der Waals surface area contributed by atoms with Gasteiger partial charge in [-0.3, -0.25) is 4.90 Å². The van der Waals surface area contributed by atoms with E-state index in [0.29, 0.717) is 11.8 Å². The molecular formula is C13H17NO3. The van der Waals surface area contributed by atoms with Gasteiger partial charge >= 0.3 is 6.09 Å². The van der Waals surface area contributed by atoms with Gasteiger partial charge in [-0.2, -0.15) is 0 Å². The molecule has 4 heteroatoms. The number of hydrogen-bond acceptors (Lipinski definition) is 2. The first-order chi connectivity index (χ1) is 7.88. The minimum absolute atomic E-state index is 0.632. The Balaban J connectivity index is 3.16. The van der Waals surface area contributed by atoms with Crippen LogP contribution in [-0.4, -0.2) is 27.9 Å². The molecule has 0 unspecified atom stereocenters. The highest BCUT2D eigenvalue weighted by molar-refractivity contribution is 5.74. The number of hydrogen-bond donors (Lipinski definition) is 1. The second-order valence-corrected chi connectivity index (χ2v) is 4.82. The summed E-state index contributed by atoms with van der Waals surface area (Å²) in [5.41, 5.74) is 0.0487. The highest BCUT2D eigenvalue weighted by atomic mass is 16.4. The maximum Gasteiger partial charge on any atom is 0.408 e. The lowest BCUT2D eigenvalue weighted by Gasteiger charge is -2.37. The number of nitrogens with zero attached hydrogens (tertiary/aromatic N) is 1. The van der Waals surface area contributed by atoms with Gasteiger partial charge in [0.1, 0.15) is 12.3 Å². The number of aldehydes is 1. The van der Waals surface area contributed by atoms with E-state index in [0.717, 1.165) is 4.90 Å². The van der Waals surface area contributed by atoms with Crippen LogP contribution in [0.25, 0.3) is 0 Å². The third-order valence-electron chi connectivity index (χ3n) is 2.48. The van der Waals surface area contributed by atoms with Crippen molar-refractivity contribution in [2.45, 2.75) is 32.4 Å². The molecule has 0 bridgehead atoms. The maximum absolute atomic E-state index is 11.3. The van der Waals surface area contributed by atoms with Crippen molar-refractivity contribution in [3.63, 3.8) is 0 Å². The van der Waals surface area contributed by atoms with Gasteiger partial charge in [-0.1, -0.05) is 30.3 Å². The summed E-state index contributed by atoms with van der Waals surface area (Å²) >= 11 is 0. The van der Waals surface area contributed by atoms with Crippen molar-refractivity contribution >= 4 is 12.4 Å². The Morgan fingerprint density at radius 2 is 1.82 bits per heavy atom. The Morgan fingerprint density at radius 1 is 1.29 bits per heavy atom. The molecule has 1 atom stereocenters. The third kappa shape index (κ3) is 3.06. The van der Waals surface area contributed by atoms with Gasteiger partial charge in [0.2, 0.25) is 0 Å². The summed E-state index contributed by atoms with van der Waals surface area (Å²) in [5, 5.41) is 9.24. The van der Waals surface area contributed by atoms with Crippen LogP contribution in [0.2, 0.25) is 0 Å². The molecule has 1 N–H and O–H groups in total. The van der Waals surface area contributed by atoms with Gasteiger partial charge in [-0.15, -0.1) is 0 Å². The lowest BCUT2D eigenvalue weighted by Crippen LogP contribution is -2.47. The first-order valence-electron chi connectivity index (χ1n) is 5.40. The SMILES string of the molecule is CC(C)(C)N(C(=O)O)[C@@H](C=O)c1ccccc1. The van der Waals surface area contributed by atoms with Gasteiger partial charge in [-0.25, -0.2) is 4.79 Å². The quantitative estimate of drug-likeness (QED) is 0.819. The monoisotopic (exact) mass is 235 g/mol. The zero-order valence-corrected chi connectivity index (χ0v) is 10.3. The van der Waals surface area contributed by atoms with E-state index >= 15 is 0 Å².